The van der Waals surface area contributed by atoms with Gasteiger partial charge in [0.2, 0.25) is 0 Å². The smallest absolute Gasteiger partial charge is 0.252 e. The molecule has 0 saturated heterocycles. The SMILES string of the molecule is CC(C)(C)c1cc(-c2cc3c4c(c2)N(c2c(-c5ccccc5)cccc2-c2cc5ccccc5c5ccccc25)c2cc(N(c5ccc(-c6ccccc6)cc5)c5cccc(-c6ccccc6)c5)ccc2B4c2ccc(N(c4ccc(-c5ccccc5)cc4)c4cccc(-c5ccccc5)c4)cc2N3c2c(-c3ccccc3)cccc2-c2cccc(-c3ccccc3)c2)cc(C(C)(C)C)c1. The summed E-state index contributed by atoms with van der Waals surface area (Å²) in [5.41, 5.74) is 40.4. The van der Waals surface area contributed by atoms with Gasteiger partial charge in [0.1, 0.15) is 0 Å². The van der Waals surface area contributed by atoms with Crippen molar-refractivity contribution in [3.05, 3.63) is 503 Å². The predicted octanol–water partition coefficient (Wildman–Crippen LogP) is 34.3. The van der Waals surface area contributed by atoms with Gasteiger partial charge in [-0.1, -0.05) is 436 Å². The van der Waals surface area contributed by atoms with Crippen molar-refractivity contribution >= 4 is 113 Å². The number of hydrogen-bond donors (Lipinski definition) is 0. The third-order valence-electron chi connectivity index (χ3n) is 27.5. The molecule has 0 unspecified atom stereocenters. The van der Waals surface area contributed by atoms with Gasteiger partial charge in [0.25, 0.3) is 6.71 Å². The van der Waals surface area contributed by atoms with Crippen LogP contribution in [0.3, 0.4) is 0 Å². The van der Waals surface area contributed by atoms with E-state index in [0.717, 1.165) is 190 Å². The van der Waals surface area contributed by atoms with Crippen LogP contribution in [0.5, 0.6) is 0 Å². The number of rotatable bonds is 18. The highest BCUT2D eigenvalue weighted by atomic mass is 15.2. The number of para-hydroxylation sites is 2. The van der Waals surface area contributed by atoms with Crippen LogP contribution < -0.4 is 36.0 Å². The Labute approximate surface area is 793 Å². The van der Waals surface area contributed by atoms with Crippen molar-refractivity contribution in [2.24, 2.45) is 0 Å². The van der Waals surface area contributed by atoms with Gasteiger partial charge in [0.15, 0.2) is 0 Å². The average molecular weight is 1730 g/mol. The summed E-state index contributed by atoms with van der Waals surface area (Å²) in [5.74, 6) is 0. The maximum absolute atomic E-state index is 2.75. The summed E-state index contributed by atoms with van der Waals surface area (Å²) in [6.45, 7) is 13.8. The highest BCUT2D eigenvalue weighted by Gasteiger charge is 2.47. The minimum Gasteiger partial charge on any atom is -0.310 e. The first-order chi connectivity index (χ1) is 66.2. The number of nitrogens with zero attached hydrogens (tertiary/aromatic N) is 4. The van der Waals surface area contributed by atoms with Crippen LogP contribution in [-0.4, -0.2) is 6.71 Å². The monoisotopic (exact) mass is 1730 g/mol. The van der Waals surface area contributed by atoms with Crippen LogP contribution in [0.2, 0.25) is 0 Å². The van der Waals surface area contributed by atoms with Crippen LogP contribution in [0.15, 0.2) is 491 Å². The molecular formula is C130H99BN4. The van der Waals surface area contributed by atoms with Crippen LogP contribution in [0.4, 0.5) is 68.2 Å². The average Bonchev–Trinajstić information content (AvgIpc) is 0.683. The Balaban J connectivity index is 0.889. The lowest BCUT2D eigenvalue weighted by molar-refractivity contribution is 0.569. The van der Waals surface area contributed by atoms with Crippen molar-refractivity contribution in [1.82, 2.24) is 0 Å². The zero-order valence-corrected chi connectivity index (χ0v) is 76.6. The predicted molar refractivity (Wildman–Crippen MR) is 577 cm³/mol. The maximum Gasteiger partial charge on any atom is 0.252 e. The third kappa shape index (κ3) is 15.5. The minimum atomic E-state index is -0.404. The first-order valence-corrected chi connectivity index (χ1v) is 47.1. The summed E-state index contributed by atoms with van der Waals surface area (Å²) >= 11 is 0. The molecule has 0 bridgehead atoms. The highest BCUT2D eigenvalue weighted by molar-refractivity contribution is 7.00. The minimum absolute atomic E-state index is 0.237. The van der Waals surface area contributed by atoms with Gasteiger partial charge >= 0.3 is 0 Å². The fourth-order valence-electron chi connectivity index (χ4n) is 20.7. The highest BCUT2D eigenvalue weighted by Crippen LogP contribution is 2.57. The Morgan fingerprint density at radius 1 is 0.185 bits per heavy atom. The second-order valence-electron chi connectivity index (χ2n) is 37.9. The molecule has 0 amide bonds. The molecule has 135 heavy (non-hydrogen) atoms. The molecule has 2 aliphatic rings. The molecule has 4 nitrogen and oxygen atoms in total. The summed E-state index contributed by atoms with van der Waals surface area (Å²) in [7, 11) is 0. The van der Waals surface area contributed by atoms with Gasteiger partial charge in [-0.15, -0.1) is 0 Å². The van der Waals surface area contributed by atoms with Crippen LogP contribution >= 0.6 is 0 Å². The van der Waals surface area contributed by atoms with Crippen LogP contribution in [-0.2, 0) is 10.8 Å². The summed E-state index contributed by atoms with van der Waals surface area (Å²) in [6, 6.07) is 185. The van der Waals surface area contributed by atoms with E-state index in [2.05, 4.69) is 553 Å². The van der Waals surface area contributed by atoms with Crippen molar-refractivity contribution < 1.29 is 0 Å². The number of benzene rings is 21. The standard InChI is InChI=1S/C130H99BN4/c1-129(2,3)104-78-102(79-105(85-104)130(4,5)6)103-83-124-126-125(84-103)135(128-114(96-49-26-13-27-50-96)62-36-64-118(128)119-82-101-51-28-29-58-112(101)116-59-30-31-60-117(116)119)123-87-111(133(107-71-67-94(68-72-107)89-39-16-8-17-40-89)109-57-34-54-99(81-109)92-45-22-11-23-46-92)74-76-121(123)131(126)120-75-73-110(132(106-69-65-93(66-70-106)88-37-14-7-15-38-88)108-56-33-53-98(80-108)91-43-20-10-21-44-91)86-122(120)134(124)127-113(95-47-24-12-25-48-95)61-35-63-115(127)100-55-32-52-97(77-100)90-41-18-9-19-42-90/h7-87H,1-6H3. The summed E-state index contributed by atoms with van der Waals surface area (Å²) in [4.78, 5) is 10.5. The lowest BCUT2D eigenvalue weighted by Gasteiger charge is -2.46. The second-order valence-corrected chi connectivity index (χ2v) is 37.9. The zero-order valence-electron chi connectivity index (χ0n) is 76.6. The van der Waals surface area contributed by atoms with Crippen molar-refractivity contribution in [3.63, 3.8) is 0 Å². The molecule has 21 aromatic rings. The Bertz CT molecular complexity index is 8000. The fraction of sp³-hybridized carbons (Fsp3) is 0.0615. The molecule has 0 atom stereocenters. The summed E-state index contributed by atoms with van der Waals surface area (Å²) in [6.07, 6.45) is 0. The van der Waals surface area contributed by atoms with Crippen LogP contribution in [0.1, 0.15) is 52.7 Å². The molecule has 0 radical (unpaired) electrons. The Kier molecular flexibility index (Phi) is 21.2. The molecular weight excluding hydrogens is 1630 g/mol. The quantitative estimate of drug-likeness (QED) is 0.0627. The lowest BCUT2D eigenvalue weighted by Crippen LogP contribution is -2.61. The number of fused-ring (bicyclic) bond motifs is 7. The van der Waals surface area contributed by atoms with Gasteiger partial charge in [-0.05, 0) is 246 Å². The molecule has 0 saturated carbocycles. The van der Waals surface area contributed by atoms with Gasteiger partial charge in [-0.3, -0.25) is 0 Å². The molecule has 2 heterocycles. The molecule has 23 rings (SSSR count). The Morgan fingerprint density at radius 2 is 0.496 bits per heavy atom. The normalized spacial score (nSPS) is 12.2. The first-order valence-electron chi connectivity index (χ1n) is 47.1. The number of hydrogen-bond acceptors (Lipinski definition) is 4. The molecule has 0 spiro atoms. The maximum atomic E-state index is 2.75. The van der Waals surface area contributed by atoms with E-state index >= 15 is 0 Å². The third-order valence-corrected chi connectivity index (χ3v) is 27.5. The second kappa shape index (κ2) is 34.6. The molecule has 5 heteroatoms. The largest absolute Gasteiger partial charge is 0.310 e. The molecule has 21 aromatic carbocycles. The van der Waals surface area contributed by atoms with Crippen molar-refractivity contribution in [1.29, 1.82) is 0 Å². The van der Waals surface area contributed by atoms with E-state index in [1.807, 2.05) is 0 Å². The lowest BCUT2D eigenvalue weighted by atomic mass is 9.33. The summed E-state index contributed by atoms with van der Waals surface area (Å²) < 4.78 is 0. The van der Waals surface area contributed by atoms with E-state index in [1.54, 1.807) is 0 Å². The van der Waals surface area contributed by atoms with E-state index in [1.165, 1.54) is 38.1 Å². The molecule has 0 N–H and O–H groups in total. The Morgan fingerprint density at radius 3 is 0.933 bits per heavy atom. The van der Waals surface area contributed by atoms with Gasteiger partial charge in [0, 0.05) is 79.1 Å². The topological polar surface area (TPSA) is 13.0 Å². The van der Waals surface area contributed by atoms with Gasteiger partial charge < -0.3 is 19.6 Å². The van der Waals surface area contributed by atoms with Gasteiger partial charge in [-0.2, -0.15) is 0 Å². The first kappa shape index (κ1) is 82.8. The van der Waals surface area contributed by atoms with Crippen LogP contribution in [0.25, 0.3) is 133 Å². The van der Waals surface area contributed by atoms with Crippen molar-refractivity contribution in [2.75, 3.05) is 19.6 Å². The van der Waals surface area contributed by atoms with E-state index in [4.69, 9.17) is 0 Å². The van der Waals surface area contributed by atoms with Gasteiger partial charge in [-0.25, -0.2) is 0 Å². The zero-order chi connectivity index (χ0) is 90.8. The van der Waals surface area contributed by atoms with E-state index in [9.17, 15) is 0 Å². The van der Waals surface area contributed by atoms with Crippen molar-refractivity contribution in [3.8, 4) is 111 Å². The molecule has 2 aliphatic heterocycles. The van der Waals surface area contributed by atoms with Crippen molar-refractivity contribution in [2.45, 2.75) is 52.4 Å². The molecule has 0 fully saturated rings. The van der Waals surface area contributed by atoms with E-state index < -0.39 is 6.71 Å². The molecule has 642 valence electrons. The Hall–Kier alpha value is -16.6. The summed E-state index contributed by atoms with van der Waals surface area (Å²) in [5, 5.41) is 4.75. The molecule has 0 aliphatic carbocycles. The van der Waals surface area contributed by atoms with E-state index in [-0.39, 0.29) is 10.8 Å². The van der Waals surface area contributed by atoms with Crippen LogP contribution in [0, 0.1) is 0 Å². The number of anilines is 12. The molecule has 0 aromatic heterocycles. The van der Waals surface area contributed by atoms with Gasteiger partial charge in [0.05, 0.1) is 11.4 Å². The fourth-order valence-corrected chi connectivity index (χ4v) is 20.7. The van der Waals surface area contributed by atoms with E-state index in [0.29, 0.717) is 0 Å².